The van der Waals surface area contributed by atoms with Crippen molar-refractivity contribution in [2.45, 2.75) is 24.3 Å². The summed E-state index contributed by atoms with van der Waals surface area (Å²) >= 11 is 0. The predicted octanol–water partition coefficient (Wildman–Crippen LogP) is 3.61. The van der Waals surface area contributed by atoms with E-state index in [9.17, 15) is 22.4 Å². The average molecular weight is 472 g/mol. The smallest absolute Gasteiger partial charge is 0.340 e. The zero-order valence-electron chi connectivity index (χ0n) is 17.9. The molecule has 1 aliphatic heterocycles. The highest BCUT2D eigenvalue weighted by Crippen LogP contribution is 2.37. The molecule has 0 saturated heterocycles. The molecule has 1 aromatic heterocycles. The maximum Gasteiger partial charge on any atom is 0.340 e. The summed E-state index contributed by atoms with van der Waals surface area (Å²) in [6.07, 6.45) is 1.42. The summed E-state index contributed by atoms with van der Waals surface area (Å²) in [6, 6.07) is 10.9. The molecule has 1 N–H and O–H groups in total. The summed E-state index contributed by atoms with van der Waals surface area (Å²) < 4.78 is 52.4. The first kappa shape index (κ1) is 22.5. The van der Waals surface area contributed by atoms with Crippen molar-refractivity contribution >= 4 is 27.6 Å². The molecule has 0 saturated carbocycles. The van der Waals surface area contributed by atoms with Crippen molar-refractivity contribution < 1.29 is 31.9 Å². The normalized spacial score (nSPS) is 12.8. The van der Waals surface area contributed by atoms with Gasteiger partial charge in [0.05, 0.1) is 30.4 Å². The number of rotatable bonds is 6. The predicted molar refractivity (Wildman–Crippen MR) is 118 cm³/mol. The van der Waals surface area contributed by atoms with Gasteiger partial charge in [0.25, 0.3) is 10.0 Å². The van der Waals surface area contributed by atoms with Gasteiger partial charge in [-0.3, -0.25) is 4.72 Å². The monoisotopic (exact) mass is 472 g/mol. The van der Waals surface area contributed by atoms with E-state index in [0.29, 0.717) is 29.9 Å². The minimum atomic E-state index is -3.91. The fourth-order valence-electron chi connectivity index (χ4n) is 4.03. The lowest BCUT2D eigenvalue weighted by molar-refractivity contribution is 0.0556. The molecular formula is C23H21FN2O6S. The number of hydrogen-bond donors (Lipinski definition) is 1. The van der Waals surface area contributed by atoms with E-state index in [-0.39, 0.29) is 21.7 Å². The fraction of sp³-hybridized carbons (Fsp3) is 0.217. The summed E-state index contributed by atoms with van der Waals surface area (Å²) in [7, 11) is -1.42. The van der Waals surface area contributed by atoms with Gasteiger partial charge < -0.3 is 14.0 Å². The number of anilines is 1. The van der Waals surface area contributed by atoms with Crippen LogP contribution < -0.4 is 4.72 Å². The minimum Gasteiger partial charge on any atom is -0.465 e. The Morgan fingerprint density at radius 3 is 2.15 bits per heavy atom. The average Bonchev–Trinajstić information content (AvgIpc) is 3.39. The molecule has 0 aliphatic carbocycles. The summed E-state index contributed by atoms with van der Waals surface area (Å²) in [5, 5.41) is 0. The molecule has 0 unspecified atom stereocenters. The number of ether oxygens (including phenoxy) is 2. The summed E-state index contributed by atoms with van der Waals surface area (Å²) in [4.78, 5) is 25.0. The zero-order valence-corrected chi connectivity index (χ0v) is 18.7. The van der Waals surface area contributed by atoms with Crippen molar-refractivity contribution in [3.8, 4) is 11.3 Å². The third-order valence-corrected chi connectivity index (χ3v) is 6.88. The molecule has 4 rings (SSSR count). The number of esters is 2. The first-order valence-corrected chi connectivity index (χ1v) is 11.6. The molecule has 172 valence electrons. The topological polar surface area (TPSA) is 104 Å². The third kappa shape index (κ3) is 4.09. The number of aromatic nitrogens is 1. The number of methoxy groups -OCH3 is 2. The summed E-state index contributed by atoms with van der Waals surface area (Å²) in [5.41, 5.74) is 2.43. The van der Waals surface area contributed by atoms with Crippen LogP contribution in [0.5, 0.6) is 0 Å². The molecule has 1 aliphatic rings. The molecule has 0 atom stereocenters. The molecule has 10 heteroatoms. The molecule has 0 fully saturated rings. The second kappa shape index (κ2) is 8.70. The fourth-order valence-corrected chi connectivity index (χ4v) is 5.08. The highest BCUT2D eigenvalue weighted by Gasteiger charge is 2.34. The van der Waals surface area contributed by atoms with E-state index in [0.717, 1.165) is 18.6 Å². The molecule has 2 heterocycles. The van der Waals surface area contributed by atoms with Crippen LogP contribution in [0.15, 0.2) is 53.4 Å². The molecule has 33 heavy (non-hydrogen) atoms. The lowest BCUT2D eigenvalue weighted by Gasteiger charge is -2.12. The van der Waals surface area contributed by atoms with Crippen molar-refractivity contribution in [1.82, 2.24) is 4.57 Å². The van der Waals surface area contributed by atoms with Gasteiger partial charge >= 0.3 is 11.9 Å². The number of fused-ring (bicyclic) bond motifs is 1. The Bertz CT molecular complexity index is 1330. The summed E-state index contributed by atoms with van der Waals surface area (Å²) in [6.45, 7) is 0.616. The minimum absolute atomic E-state index is 0.0758. The summed E-state index contributed by atoms with van der Waals surface area (Å²) in [5.74, 6) is -1.81. The van der Waals surface area contributed by atoms with Crippen LogP contribution in [0.4, 0.5) is 10.1 Å². The third-order valence-electron chi connectivity index (χ3n) is 5.48. The van der Waals surface area contributed by atoms with Crippen molar-refractivity contribution in [2.24, 2.45) is 0 Å². The van der Waals surface area contributed by atoms with Crippen LogP contribution in [0, 0.1) is 5.82 Å². The van der Waals surface area contributed by atoms with E-state index < -0.39 is 27.8 Å². The number of benzene rings is 2. The van der Waals surface area contributed by atoms with Crippen LogP contribution >= 0.6 is 0 Å². The first-order valence-electron chi connectivity index (χ1n) is 10.1. The Kier molecular flexibility index (Phi) is 5.94. The number of nitrogens with zero attached hydrogens (tertiary/aromatic N) is 1. The lowest BCUT2D eigenvalue weighted by Crippen LogP contribution is -2.13. The van der Waals surface area contributed by atoms with Crippen molar-refractivity contribution in [3.05, 3.63) is 71.2 Å². The maximum atomic E-state index is 13.1. The highest BCUT2D eigenvalue weighted by atomic mass is 32.2. The van der Waals surface area contributed by atoms with Crippen LogP contribution in [0.1, 0.15) is 32.8 Å². The highest BCUT2D eigenvalue weighted by molar-refractivity contribution is 7.92. The van der Waals surface area contributed by atoms with E-state index in [1.165, 1.54) is 26.4 Å². The van der Waals surface area contributed by atoms with Gasteiger partial charge in [0, 0.05) is 17.9 Å². The van der Waals surface area contributed by atoms with Gasteiger partial charge in [-0.15, -0.1) is 0 Å². The number of carbonyl (C=O) groups is 2. The van der Waals surface area contributed by atoms with Gasteiger partial charge in [0.2, 0.25) is 0 Å². The lowest BCUT2D eigenvalue weighted by atomic mass is 10.0. The van der Waals surface area contributed by atoms with Gasteiger partial charge in [0.1, 0.15) is 11.4 Å². The number of hydrogen-bond acceptors (Lipinski definition) is 6. The van der Waals surface area contributed by atoms with Gasteiger partial charge in [-0.05, 0) is 54.8 Å². The number of carbonyl (C=O) groups excluding carboxylic acids is 2. The Balaban J connectivity index is 1.73. The maximum absolute atomic E-state index is 13.1. The molecular weight excluding hydrogens is 451 g/mol. The van der Waals surface area contributed by atoms with E-state index in [2.05, 4.69) is 4.72 Å². The molecule has 0 radical (unpaired) electrons. The Morgan fingerprint density at radius 2 is 1.55 bits per heavy atom. The standard InChI is InChI=1S/C23H21FN2O6S/c1-31-22(27)19-18-4-3-13-26(18)21(20(19)23(28)32-2)14-5-9-16(10-6-14)25-33(29,30)17-11-7-15(24)8-12-17/h5-12,25H,3-4,13H2,1-2H3. The van der Waals surface area contributed by atoms with Crippen LogP contribution in [-0.2, 0) is 32.5 Å². The largest absolute Gasteiger partial charge is 0.465 e. The number of halogens is 1. The van der Waals surface area contributed by atoms with Crippen molar-refractivity contribution in [3.63, 3.8) is 0 Å². The van der Waals surface area contributed by atoms with Crippen LogP contribution in [-0.4, -0.2) is 39.1 Å². The Labute approximate surface area is 190 Å². The van der Waals surface area contributed by atoms with Crippen LogP contribution in [0.2, 0.25) is 0 Å². The Morgan fingerprint density at radius 1 is 0.939 bits per heavy atom. The molecule has 0 spiro atoms. The molecule has 0 bridgehead atoms. The zero-order chi connectivity index (χ0) is 23.8. The number of nitrogens with one attached hydrogen (secondary N) is 1. The van der Waals surface area contributed by atoms with Gasteiger partial charge in [0.15, 0.2) is 0 Å². The van der Waals surface area contributed by atoms with Crippen molar-refractivity contribution in [2.75, 3.05) is 18.9 Å². The quantitative estimate of drug-likeness (QED) is 0.550. The van der Waals surface area contributed by atoms with E-state index >= 15 is 0 Å². The SMILES string of the molecule is COC(=O)c1c(C(=O)OC)c(-c2ccc(NS(=O)(=O)c3ccc(F)cc3)cc2)n2c1CCC2. The van der Waals surface area contributed by atoms with E-state index in [1.54, 1.807) is 24.3 Å². The van der Waals surface area contributed by atoms with E-state index in [1.807, 2.05) is 4.57 Å². The second-order valence-corrected chi connectivity index (χ2v) is 9.10. The van der Waals surface area contributed by atoms with Gasteiger partial charge in [-0.1, -0.05) is 12.1 Å². The molecule has 8 nitrogen and oxygen atoms in total. The molecule has 3 aromatic rings. The van der Waals surface area contributed by atoms with Gasteiger partial charge in [-0.2, -0.15) is 0 Å². The number of sulfonamides is 1. The second-order valence-electron chi connectivity index (χ2n) is 7.42. The van der Waals surface area contributed by atoms with Crippen molar-refractivity contribution in [1.29, 1.82) is 0 Å². The molecule has 0 amide bonds. The van der Waals surface area contributed by atoms with Crippen LogP contribution in [0.25, 0.3) is 11.3 Å². The first-order chi connectivity index (χ1) is 15.8. The Hall–Kier alpha value is -3.66. The van der Waals surface area contributed by atoms with Crippen LogP contribution in [0.3, 0.4) is 0 Å². The van der Waals surface area contributed by atoms with E-state index in [4.69, 9.17) is 9.47 Å². The van der Waals surface area contributed by atoms with Gasteiger partial charge in [-0.25, -0.2) is 22.4 Å². The molecule has 2 aromatic carbocycles.